The number of carboxylic acids is 1. The minimum atomic E-state index is -1.57. The molecule has 0 aliphatic carbocycles. The van der Waals surface area contributed by atoms with E-state index in [0.717, 1.165) is 18.5 Å². The third-order valence-electron chi connectivity index (χ3n) is 5.25. The van der Waals surface area contributed by atoms with Crippen LogP contribution in [-0.2, 0) is 55.7 Å². The van der Waals surface area contributed by atoms with E-state index in [1.165, 1.54) is 4.90 Å². The topological polar surface area (TPSA) is 195 Å². The van der Waals surface area contributed by atoms with E-state index in [4.69, 9.17) is 19.5 Å². The van der Waals surface area contributed by atoms with Gasteiger partial charge in [0.15, 0.2) is 0 Å². The SMILES string of the molecule is O=C(O)CN(CCCCCC(=O)NCC(=O)N1CCCC1B(O)O)Cc1ccccn1.[C-]=O.[C-]=O.[C-]=O.[Re]. The number of hydrogen-bond acceptors (Lipinski definition) is 10. The second kappa shape index (κ2) is 25.8. The monoisotopic (exact) mass is 705 g/mol. The molecule has 1 aliphatic rings. The first-order chi connectivity index (χ1) is 17.9. The van der Waals surface area contributed by atoms with E-state index in [-0.39, 0.29) is 51.7 Å². The smallest absolute Gasteiger partial charge is 0.475 e. The molecule has 15 heteroatoms. The van der Waals surface area contributed by atoms with Gasteiger partial charge in [0.05, 0.1) is 24.7 Å². The van der Waals surface area contributed by atoms with Crippen LogP contribution in [0, 0.1) is 0 Å². The maximum absolute atomic E-state index is 12.2. The molecule has 0 spiro atoms. The normalized spacial score (nSPS) is 13.2. The molecule has 0 saturated carbocycles. The Morgan fingerprint density at radius 2 is 1.74 bits per heavy atom. The van der Waals surface area contributed by atoms with Crippen LogP contribution >= 0.6 is 0 Å². The van der Waals surface area contributed by atoms with Crippen molar-refractivity contribution in [3.05, 3.63) is 30.1 Å². The molecule has 1 saturated heterocycles. The van der Waals surface area contributed by atoms with Crippen LogP contribution in [-0.4, -0.2) is 107 Å². The average Bonchev–Trinajstić information content (AvgIpc) is 3.41. The maximum atomic E-state index is 12.2. The molecular weight excluding hydrogens is 673 g/mol. The third kappa shape index (κ3) is 17.6. The van der Waals surface area contributed by atoms with E-state index < -0.39 is 19.0 Å². The summed E-state index contributed by atoms with van der Waals surface area (Å²) in [4.78, 5) is 65.2. The molecule has 1 aromatic rings. The number of unbranched alkanes of at least 4 members (excludes halogenated alkanes) is 2. The van der Waals surface area contributed by atoms with Crippen LogP contribution in [0.2, 0.25) is 0 Å². The van der Waals surface area contributed by atoms with Gasteiger partial charge in [0, 0.05) is 46.1 Å². The van der Waals surface area contributed by atoms with Gasteiger partial charge < -0.3 is 60.1 Å². The molecule has 1 aromatic heterocycles. The van der Waals surface area contributed by atoms with Gasteiger partial charge in [-0.3, -0.25) is 24.3 Å². The van der Waals surface area contributed by atoms with Gasteiger partial charge in [-0.2, -0.15) is 0 Å². The van der Waals surface area contributed by atoms with Crippen molar-refractivity contribution in [1.82, 2.24) is 20.1 Å². The number of carboxylic acid groups (broad SMARTS) is 1. The van der Waals surface area contributed by atoms with E-state index >= 15 is 0 Å². The fourth-order valence-electron chi connectivity index (χ4n) is 3.70. The van der Waals surface area contributed by atoms with Gasteiger partial charge in [0.2, 0.25) is 11.8 Å². The Kier molecular flexibility index (Phi) is 27.0. The number of pyridine rings is 1. The predicted octanol–water partition coefficient (Wildman–Crippen LogP) is -1.55. The zero-order chi connectivity index (χ0) is 28.6. The van der Waals surface area contributed by atoms with Crippen molar-refractivity contribution in [2.75, 3.05) is 26.2 Å². The molecule has 0 aromatic carbocycles. The predicted molar refractivity (Wildman–Crippen MR) is 131 cm³/mol. The molecule has 38 heavy (non-hydrogen) atoms. The van der Waals surface area contributed by atoms with Crippen molar-refractivity contribution in [2.24, 2.45) is 0 Å². The Morgan fingerprint density at radius 1 is 1.08 bits per heavy atom. The van der Waals surface area contributed by atoms with Gasteiger partial charge >= 0.3 is 13.1 Å². The summed E-state index contributed by atoms with van der Waals surface area (Å²) in [6.07, 6.45) is 5.33. The summed E-state index contributed by atoms with van der Waals surface area (Å²) in [5.74, 6) is -2.05. The summed E-state index contributed by atoms with van der Waals surface area (Å²) in [5.41, 5.74) is 0.807. The van der Waals surface area contributed by atoms with E-state index in [1.54, 1.807) is 6.20 Å². The van der Waals surface area contributed by atoms with E-state index in [2.05, 4.69) is 30.7 Å². The molecule has 4 N–H and O–H groups in total. The van der Waals surface area contributed by atoms with Crippen molar-refractivity contribution in [3.63, 3.8) is 0 Å². The number of nitrogens with zero attached hydrogens (tertiary/aromatic N) is 3. The first-order valence-electron chi connectivity index (χ1n) is 11.2. The Bertz CT molecular complexity index is 776. The van der Waals surface area contributed by atoms with E-state index in [9.17, 15) is 24.4 Å². The first-order valence-corrected chi connectivity index (χ1v) is 11.2. The Balaban J connectivity index is -0.00000163. The first kappa shape index (κ1) is 39.7. The van der Waals surface area contributed by atoms with Gasteiger partial charge in [0.25, 0.3) is 0 Å². The Hall–Kier alpha value is -2.82. The largest absolute Gasteiger partial charge is 0.573 e. The molecule has 2 rings (SSSR count). The Labute approximate surface area is 236 Å². The number of rotatable bonds is 13. The van der Waals surface area contributed by atoms with Crippen LogP contribution < -0.4 is 5.32 Å². The molecule has 2 amide bonds. The second-order valence-electron chi connectivity index (χ2n) is 7.72. The molecular formula is C23H31BN4O9Re-3. The zero-order valence-corrected chi connectivity index (χ0v) is 23.5. The summed E-state index contributed by atoms with van der Waals surface area (Å²) in [7, 11) is -1.57. The number of aliphatic carboxylic acids is 1. The van der Waals surface area contributed by atoms with Crippen molar-refractivity contribution in [1.29, 1.82) is 0 Å². The van der Waals surface area contributed by atoms with Crippen LogP contribution in [0.3, 0.4) is 0 Å². The number of aromatic nitrogens is 1. The van der Waals surface area contributed by atoms with Gasteiger partial charge in [-0.05, 0) is 44.4 Å². The molecule has 2 heterocycles. The standard InChI is InChI=1S/C20H31BN4O6.3CO.Re/c26-18(23-13-19(27)25-12-6-8-17(25)21(30)31)9-2-1-5-11-24(15-20(28)29)14-16-7-3-4-10-22-16;3*1-2;/h3-4,7,10,17,30-31H,1-2,5-6,8-9,11-15H2,(H,23,26)(H,28,29);;;;/q;3*-1;. The van der Waals surface area contributed by atoms with Gasteiger partial charge in [-0.15, -0.1) is 0 Å². The van der Waals surface area contributed by atoms with Crippen molar-refractivity contribution in [2.45, 2.75) is 51.0 Å². The van der Waals surface area contributed by atoms with Crippen molar-refractivity contribution >= 4 is 45.3 Å². The summed E-state index contributed by atoms with van der Waals surface area (Å²) in [5, 5.41) is 30.3. The van der Waals surface area contributed by atoms with Gasteiger partial charge in [-0.25, -0.2) is 0 Å². The fraction of sp³-hybridized carbons (Fsp3) is 0.522. The summed E-state index contributed by atoms with van der Waals surface area (Å²) >= 11 is 0. The summed E-state index contributed by atoms with van der Waals surface area (Å²) < 4.78 is 0. The molecule has 210 valence electrons. The molecule has 4 radical (unpaired) electrons. The number of nitrogens with one attached hydrogen (secondary N) is 1. The number of hydrogen-bond donors (Lipinski definition) is 4. The van der Waals surface area contributed by atoms with Crippen LogP contribution in [0.5, 0.6) is 0 Å². The van der Waals surface area contributed by atoms with Crippen LogP contribution in [0.1, 0.15) is 44.2 Å². The summed E-state index contributed by atoms with van der Waals surface area (Å²) in [6.45, 7) is 14.8. The van der Waals surface area contributed by atoms with E-state index in [0.29, 0.717) is 38.9 Å². The molecule has 0 bridgehead atoms. The average molecular weight is 705 g/mol. The van der Waals surface area contributed by atoms with Crippen molar-refractivity contribution in [3.8, 4) is 0 Å². The van der Waals surface area contributed by atoms with E-state index in [1.807, 2.05) is 23.1 Å². The molecule has 13 nitrogen and oxygen atoms in total. The minimum absolute atomic E-state index is 0. The van der Waals surface area contributed by atoms with Gasteiger partial charge in [0.1, 0.15) is 0 Å². The number of likely N-dealkylation sites (tertiary alicyclic amines) is 1. The molecule has 1 aliphatic heterocycles. The van der Waals surface area contributed by atoms with Gasteiger partial charge in [-0.1, -0.05) is 12.5 Å². The van der Waals surface area contributed by atoms with Crippen LogP contribution in [0.15, 0.2) is 24.4 Å². The Morgan fingerprint density at radius 3 is 2.29 bits per heavy atom. The zero-order valence-electron chi connectivity index (χ0n) is 20.8. The van der Waals surface area contributed by atoms with Crippen molar-refractivity contribution < 1.29 is 64.3 Å². The van der Waals surface area contributed by atoms with Crippen LogP contribution in [0.4, 0.5) is 0 Å². The number of carbonyl (C=O) groups excluding carboxylic acids is 5. The second-order valence-corrected chi connectivity index (χ2v) is 7.72. The number of carbonyl (C=O) groups is 3. The number of amides is 2. The summed E-state index contributed by atoms with van der Waals surface area (Å²) in [6, 6.07) is 5.52. The van der Waals surface area contributed by atoms with Crippen LogP contribution in [0.25, 0.3) is 0 Å². The fourth-order valence-corrected chi connectivity index (χ4v) is 3.70. The molecule has 1 fully saturated rings. The molecule has 1 unspecified atom stereocenters. The third-order valence-corrected chi connectivity index (χ3v) is 5.25. The minimum Gasteiger partial charge on any atom is -0.573 e. The molecule has 1 atom stereocenters. The maximum Gasteiger partial charge on any atom is 0.475 e. The quantitative estimate of drug-likeness (QED) is 0.106.